The van der Waals surface area contributed by atoms with Crippen molar-refractivity contribution in [1.29, 1.82) is 0 Å². The Morgan fingerprint density at radius 2 is 2.00 bits per heavy atom. The van der Waals surface area contributed by atoms with Crippen LogP contribution in [0, 0.1) is 6.92 Å². The van der Waals surface area contributed by atoms with Gasteiger partial charge in [0.1, 0.15) is 5.76 Å². The van der Waals surface area contributed by atoms with Crippen molar-refractivity contribution in [3.63, 3.8) is 0 Å². The van der Waals surface area contributed by atoms with E-state index in [2.05, 4.69) is 44.6 Å². The van der Waals surface area contributed by atoms with Crippen LogP contribution in [-0.4, -0.2) is 59.6 Å². The van der Waals surface area contributed by atoms with Gasteiger partial charge in [0.15, 0.2) is 5.82 Å². The van der Waals surface area contributed by atoms with Gasteiger partial charge in [-0.3, -0.25) is 14.6 Å². The summed E-state index contributed by atoms with van der Waals surface area (Å²) in [5, 5.41) is 6.63. The molecule has 138 valence electrons. The van der Waals surface area contributed by atoms with Crippen molar-refractivity contribution in [2.75, 3.05) is 38.0 Å². The summed E-state index contributed by atoms with van der Waals surface area (Å²) >= 11 is 0. The fraction of sp³-hybridized carbons (Fsp3) is 0.400. The highest BCUT2D eigenvalue weighted by atomic mass is 16.5. The molecule has 1 amide bonds. The van der Waals surface area contributed by atoms with Crippen molar-refractivity contribution in [1.82, 2.24) is 15.0 Å². The van der Waals surface area contributed by atoms with E-state index < -0.39 is 0 Å². The number of nitrogens with zero attached hydrogens (tertiary/aromatic N) is 3. The van der Waals surface area contributed by atoms with Crippen LogP contribution < -0.4 is 5.32 Å². The second-order valence-corrected chi connectivity index (χ2v) is 6.64. The van der Waals surface area contributed by atoms with Gasteiger partial charge in [-0.2, -0.15) is 0 Å². The molecule has 0 radical (unpaired) electrons. The van der Waals surface area contributed by atoms with Crippen LogP contribution in [0.25, 0.3) is 6.08 Å². The molecular formula is C20H26N4O2. The molecular weight excluding hydrogens is 328 g/mol. The molecule has 1 N–H and O–H groups in total. The van der Waals surface area contributed by atoms with E-state index in [9.17, 15) is 4.79 Å². The Morgan fingerprint density at radius 3 is 2.65 bits per heavy atom. The van der Waals surface area contributed by atoms with E-state index >= 15 is 0 Å². The zero-order valence-electron chi connectivity index (χ0n) is 15.4. The van der Waals surface area contributed by atoms with E-state index in [0.29, 0.717) is 11.6 Å². The lowest BCUT2D eigenvalue weighted by molar-refractivity contribution is -0.121. The van der Waals surface area contributed by atoms with Gasteiger partial charge in [0.05, 0.1) is 6.04 Å². The molecule has 2 heterocycles. The van der Waals surface area contributed by atoms with Crippen LogP contribution in [0.15, 0.2) is 47.0 Å². The molecule has 0 saturated carbocycles. The summed E-state index contributed by atoms with van der Waals surface area (Å²) in [6.45, 7) is 8.35. The lowest BCUT2D eigenvalue weighted by Gasteiger charge is -2.36. The van der Waals surface area contributed by atoms with Gasteiger partial charge in [-0.15, -0.1) is 0 Å². The maximum Gasteiger partial charge on any atom is 0.242 e. The van der Waals surface area contributed by atoms with Crippen molar-refractivity contribution >= 4 is 17.8 Å². The average Bonchev–Trinajstić information content (AvgIpc) is 3.07. The molecule has 1 saturated heterocycles. The van der Waals surface area contributed by atoms with Gasteiger partial charge in [0, 0.05) is 38.8 Å². The van der Waals surface area contributed by atoms with Gasteiger partial charge in [-0.25, -0.2) is 0 Å². The molecule has 1 atom stereocenters. The summed E-state index contributed by atoms with van der Waals surface area (Å²) < 4.78 is 4.98. The average molecular weight is 354 g/mol. The predicted molar refractivity (Wildman–Crippen MR) is 103 cm³/mol. The molecule has 1 aliphatic heterocycles. The van der Waals surface area contributed by atoms with Crippen molar-refractivity contribution in [3.8, 4) is 0 Å². The summed E-state index contributed by atoms with van der Waals surface area (Å²) in [4.78, 5) is 17.0. The van der Waals surface area contributed by atoms with Crippen LogP contribution in [0.2, 0.25) is 0 Å². The predicted octanol–water partition coefficient (Wildman–Crippen LogP) is 2.64. The highest BCUT2D eigenvalue weighted by Gasteiger charge is 2.25. The number of anilines is 1. The minimum Gasteiger partial charge on any atom is -0.360 e. The van der Waals surface area contributed by atoms with E-state index in [1.165, 1.54) is 5.56 Å². The Balaban J connectivity index is 1.42. The molecule has 6 nitrogen and oxygen atoms in total. The Morgan fingerprint density at radius 1 is 1.27 bits per heavy atom. The van der Waals surface area contributed by atoms with Crippen LogP contribution >= 0.6 is 0 Å². The summed E-state index contributed by atoms with van der Waals surface area (Å²) in [6, 6.07) is 11.9. The van der Waals surface area contributed by atoms with E-state index in [-0.39, 0.29) is 11.9 Å². The standard InChI is InChI=1S/C20H26N4O2/c1-16-15-19(22-26-16)21-20(25)17(2)24-13-11-23(12-14-24)10-6-9-18-7-4-3-5-8-18/h3-9,15,17H,10-14H2,1-2H3,(H,21,22,25)/b9-6+/t17-/m0/s1. The van der Waals surface area contributed by atoms with Crippen molar-refractivity contribution < 1.29 is 9.32 Å². The Bertz CT molecular complexity index is 733. The first kappa shape index (κ1) is 18.4. The van der Waals surface area contributed by atoms with Gasteiger partial charge in [0.25, 0.3) is 0 Å². The summed E-state index contributed by atoms with van der Waals surface area (Å²) in [6.07, 6.45) is 4.36. The third kappa shape index (κ3) is 5.03. The highest BCUT2D eigenvalue weighted by Crippen LogP contribution is 2.11. The van der Waals surface area contributed by atoms with E-state index in [1.807, 2.05) is 25.1 Å². The molecule has 3 rings (SSSR count). The molecule has 2 aromatic rings. The SMILES string of the molecule is Cc1cc(NC(=O)[C@H](C)N2CCN(C/C=C/c3ccccc3)CC2)no1. The Labute approximate surface area is 154 Å². The van der Waals surface area contributed by atoms with E-state index in [1.54, 1.807) is 13.0 Å². The van der Waals surface area contributed by atoms with Gasteiger partial charge in [0.2, 0.25) is 5.91 Å². The third-order valence-corrected chi connectivity index (χ3v) is 4.69. The Hall–Kier alpha value is -2.44. The quantitative estimate of drug-likeness (QED) is 0.864. The van der Waals surface area contributed by atoms with Crippen LogP contribution in [0.5, 0.6) is 0 Å². The number of carbonyl (C=O) groups excluding carboxylic acids is 1. The summed E-state index contributed by atoms with van der Waals surface area (Å²) in [7, 11) is 0. The van der Waals surface area contributed by atoms with E-state index in [4.69, 9.17) is 4.52 Å². The maximum absolute atomic E-state index is 12.4. The fourth-order valence-corrected chi connectivity index (χ4v) is 3.06. The van der Waals surface area contributed by atoms with Crippen molar-refractivity contribution in [2.24, 2.45) is 0 Å². The number of nitrogens with one attached hydrogen (secondary N) is 1. The molecule has 1 aromatic heterocycles. The first-order valence-electron chi connectivity index (χ1n) is 9.04. The highest BCUT2D eigenvalue weighted by molar-refractivity contribution is 5.93. The number of benzene rings is 1. The molecule has 0 bridgehead atoms. The molecule has 26 heavy (non-hydrogen) atoms. The monoisotopic (exact) mass is 354 g/mol. The maximum atomic E-state index is 12.4. The number of aryl methyl sites for hydroxylation is 1. The van der Waals surface area contributed by atoms with Gasteiger partial charge < -0.3 is 9.84 Å². The van der Waals surface area contributed by atoms with E-state index in [0.717, 1.165) is 32.7 Å². The number of carbonyl (C=O) groups is 1. The zero-order valence-corrected chi connectivity index (χ0v) is 15.4. The molecule has 0 aliphatic carbocycles. The second kappa shape index (κ2) is 8.78. The molecule has 1 fully saturated rings. The number of amides is 1. The number of aromatic nitrogens is 1. The van der Waals surface area contributed by atoms with Crippen LogP contribution in [-0.2, 0) is 4.79 Å². The zero-order chi connectivity index (χ0) is 18.4. The van der Waals surface area contributed by atoms with Crippen molar-refractivity contribution in [2.45, 2.75) is 19.9 Å². The topological polar surface area (TPSA) is 61.6 Å². The first-order chi connectivity index (χ1) is 12.6. The molecule has 0 spiro atoms. The molecule has 6 heteroatoms. The van der Waals surface area contributed by atoms with Gasteiger partial charge in [-0.05, 0) is 19.4 Å². The first-order valence-corrected chi connectivity index (χ1v) is 9.04. The lowest BCUT2D eigenvalue weighted by Crippen LogP contribution is -2.52. The minimum absolute atomic E-state index is 0.0456. The van der Waals surface area contributed by atoms with Gasteiger partial charge in [-0.1, -0.05) is 47.6 Å². The number of piperazine rings is 1. The lowest BCUT2D eigenvalue weighted by atomic mass is 10.2. The Kier molecular flexibility index (Phi) is 6.20. The van der Waals surface area contributed by atoms with Crippen LogP contribution in [0.3, 0.4) is 0 Å². The number of hydrogen-bond donors (Lipinski definition) is 1. The third-order valence-electron chi connectivity index (χ3n) is 4.69. The van der Waals surface area contributed by atoms with Crippen LogP contribution in [0.4, 0.5) is 5.82 Å². The van der Waals surface area contributed by atoms with Crippen LogP contribution in [0.1, 0.15) is 18.2 Å². The second-order valence-electron chi connectivity index (χ2n) is 6.64. The minimum atomic E-state index is -0.186. The van der Waals surface area contributed by atoms with Gasteiger partial charge >= 0.3 is 0 Å². The molecule has 0 unspecified atom stereocenters. The molecule has 1 aromatic carbocycles. The number of rotatable bonds is 6. The molecule has 1 aliphatic rings. The number of hydrogen-bond acceptors (Lipinski definition) is 5. The van der Waals surface area contributed by atoms with Crippen molar-refractivity contribution in [3.05, 3.63) is 53.8 Å². The fourth-order valence-electron chi connectivity index (χ4n) is 3.06. The normalized spacial score (nSPS) is 17.5. The largest absolute Gasteiger partial charge is 0.360 e. The summed E-state index contributed by atoms with van der Waals surface area (Å²) in [5.74, 6) is 1.12. The summed E-state index contributed by atoms with van der Waals surface area (Å²) in [5.41, 5.74) is 1.22. The smallest absolute Gasteiger partial charge is 0.242 e.